The number of alkyl halides is 3. The van der Waals surface area contributed by atoms with Crippen molar-refractivity contribution in [2.24, 2.45) is 5.73 Å². The molecule has 1 heterocycles. The van der Waals surface area contributed by atoms with Crippen molar-refractivity contribution in [3.05, 3.63) is 21.9 Å². The number of carbonyl (C=O) groups is 1. The van der Waals surface area contributed by atoms with Gasteiger partial charge in [-0.2, -0.15) is 13.2 Å². The van der Waals surface area contributed by atoms with E-state index in [-0.39, 0.29) is 13.1 Å². The molecule has 1 amide bonds. The SMILES string of the molecule is CN(CCC(F)(F)F)C(=O)c1sccc1C#CCN. The summed E-state index contributed by atoms with van der Waals surface area (Å²) in [7, 11) is 1.34. The highest BCUT2D eigenvalue weighted by Gasteiger charge is 2.28. The number of thiophene rings is 1. The third-order valence-electron chi connectivity index (χ3n) is 2.26. The lowest BCUT2D eigenvalue weighted by atomic mass is 10.2. The van der Waals surface area contributed by atoms with E-state index in [1.165, 1.54) is 7.05 Å². The van der Waals surface area contributed by atoms with Crippen LogP contribution >= 0.6 is 11.3 Å². The lowest BCUT2D eigenvalue weighted by molar-refractivity contribution is -0.136. The topological polar surface area (TPSA) is 46.3 Å². The van der Waals surface area contributed by atoms with E-state index in [0.717, 1.165) is 16.2 Å². The fraction of sp³-hybridized carbons (Fsp3) is 0.417. The van der Waals surface area contributed by atoms with E-state index in [2.05, 4.69) is 11.8 Å². The molecule has 0 saturated carbocycles. The predicted octanol–water partition coefficient (Wildman–Crippen LogP) is 2.08. The molecule has 1 aromatic rings. The monoisotopic (exact) mass is 290 g/mol. The third kappa shape index (κ3) is 4.93. The number of hydrogen-bond donors (Lipinski definition) is 1. The van der Waals surface area contributed by atoms with Crippen LogP contribution in [-0.2, 0) is 0 Å². The predicted molar refractivity (Wildman–Crippen MR) is 67.9 cm³/mol. The Hall–Kier alpha value is -1.52. The van der Waals surface area contributed by atoms with Crippen LogP contribution in [0, 0.1) is 11.8 Å². The van der Waals surface area contributed by atoms with Crippen molar-refractivity contribution in [1.82, 2.24) is 4.90 Å². The Morgan fingerprint density at radius 2 is 2.21 bits per heavy atom. The van der Waals surface area contributed by atoms with Gasteiger partial charge in [-0.3, -0.25) is 4.79 Å². The van der Waals surface area contributed by atoms with Crippen molar-refractivity contribution >= 4 is 17.2 Å². The van der Waals surface area contributed by atoms with Crippen LogP contribution in [0.2, 0.25) is 0 Å². The van der Waals surface area contributed by atoms with Crippen molar-refractivity contribution in [2.75, 3.05) is 20.1 Å². The minimum Gasteiger partial charge on any atom is -0.341 e. The van der Waals surface area contributed by atoms with Gasteiger partial charge in [0.15, 0.2) is 0 Å². The van der Waals surface area contributed by atoms with Gasteiger partial charge < -0.3 is 10.6 Å². The Kier molecular flexibility index (Phi) is 5.39. The van der Waals surface area contributed by atoms with Gasteiger partial charge in [-0.05, 0) is 11.4 Å². The molecule has 1 aromatic heterocycles. The van der Waals surface area contributed by atoms with E-state index in [0.29, 0.717) is 10.4 Å². The average Bonchev–Trinajstić information content (AvgIpc) is 2.79. The average molecular weight is 290 g/mol. The zero-order valence-electron chi connectivity index (χ0n) is 10.3. The smallest absolute Gasteiger partial charge is 0.341 e. The Balaban J connectivity index is 2.75. The Bertz CT molecular complexity index is 499. The third-order valence-corrected chi connectivity index (χ3v) is 3.16. The van der Waals surface area contributed by atoms with Gasteiger partial charge >= 0.3 is 6.18 Å². The van der Waals surface area contributed by atoms with Crippen LogP contribution < -0.4 is 5.73 Å². The second-order valence-corrected chi connectivity index (χ2v) is 4.68. The van der Waals surface area contributed by atoms with Crippen LogP contribution in [0.5, 0.6) is 0 Å². The number of halogens is 3. The van der Waals surface area contributed by atoms with E-state index in [4.69, 9.17) is 5.73 Å². The van der Waals surface area contributed by atoms with E-state index < -0.39 is 18.5 Å². The zero-order chi connectivity index (χ0) is 14.5. The van der Waals surface area contributed by atoms with Crippen LogP contribution in [0.15, 0.2) is 11.4 Å². The molecule has 0 aliphatic carbocycles. The summed E-state index contributed by atoms with van der Waals surface area (Å²) in [4.78, 5) is 13.4. The van der Waals surface area contributed by atoms with E-state index in [1.54, 1.807) is 11.4 Å². The normalized spacial score (nSPS) is 10.8. The maximum absolute atomic E-state index is 12.1. The molecule has 3 nitrogen and oxygen atoms in total. The van der Waals surface area contributed by atoms with Crippen LogP contribution in [0.1, 0.15) is 21.7 Å². The molecule has 0 aliphatic heterocycles. The van der Waals surface area contributed by atoms with Crippen molar-refractivity contribution < 1.29 is 18.0 Å². The molecule has 19 heavy (non-hydrogen) atoms. The molecular formula is C12H13F3N2OS. The van der Waals surface area contributed by atoms with Crippen LogP contribution in [0.25, 0.3) is 0 Å². The van der Waals surface area contributed by atoms with E-state index >= 15 is 0 Å². The Labute approximate surface area is 113 Å². The van der Waals surface area contributed by atoms with Gasteiger partial charge in [-0.15, -0.1) is 11.3 Å². The Morgan fingerprint density at radius 3 is 2.79 bits per heavy atom. The van der Waals surface area contributed by atoms with Gasteiger partial charge in [0.25, 0.3) is 5.91 Å². The summed E-state index contributed by atoms with van der Waals surface area (Å²) in [6, 6.07) is 1.65. The molecule has 0 atom stereocenters. The molecule has 7 heteroatoms. The van der Waals surface area contributed by atoms with Crippen LogP contribution in [0.4, 0.5) is 13.2 Å². The van der Waals surface area contributed by atoms with E-state index in [9.17, 15) is 18.0 Å². The number of rotatable bonds is 3. The van der Waals surface area contributed by atoms with Crippen molar-refractivity contribution in [3.8, 4) is 11.8 Å². The summed E-state index contributed by atoms with van der Waals surface area (Å²) in [5, 5.41) is 1.67. The number of carbonyl (C=O) groups excluding carboxylic acids is 1. The summed E-state index contributed by atoms with van der Waals surface area (Å²) in [6.45, 7) is -0.211. The molecule has 2 N–H and O–H groups in total. The lowest BCUT2D eigenvalue weighted by Gasteiger charge is -2.17. The minimum absolute atomic E-state index is 0.160. The van der Waals surface area contributed by atoms with Crippen LogP contribution in [-0.4, -0.2) is 37.1 Å². The first kappa shape index (κ1) is 15.5. The standard InChI is InChI=1S/C12H13F3N2OS/c1-17(7-5-12(13,14)15)11(18)10-9(3-2-6-16)4-8-19-10/h4,8H,5-7,16H2,1H3. The van der Waals surface area contributed by atoms with Gasteiger partial charge in [0.2, 0.25) is 0 Å². The lowest BCUT2D eigenvalue weighted by Crippen LogP contribution is -2.30. The highest BCUT2D eigenvalue weighted by atomic mass is 32.1. The molecule has 0 radical (unpaired) electrons. The summed E-state index contributed by atoms with van der Waals surface area (Å²) in [5.74, 6) is 4.88. The molecule has 0 fully saturated rings. The maximum Gasteiger partial charge on any atom is 0.390 e. The van der Waals surface area contributed by atoms with Gasteiger partial charge in [-0.25, -0.2) is 0 Å². The highest BCUT2D eigenvalue weighted by Crippen LogP contribution is 2.21. The van der Waals surface area contributed by atoms with Gasteiger partial charge in [0.05, 0.1) is 13.0 Å². The molecule has 0 aliphatic rings. The molecule has 0 saturated heterocycles. The summed E-state index contributed by atoms with van der Waals surface area (Å²) >= 11 is 1.15. The zero-order valence-corrected chi connectivity index (χ0v) is 11.1. The first-order valence-electron chi connectivity index (χ1n) is 5.44. The summed E-state index contributed by atoms with van der Waals surface area (Å²) < 4.78 is 36.3. The largest absolute Gasteiger partial charge is 0.390 e. The first-order chi connectivity index (χ1) is 8.85. The molecule has 0 unspecified atom stereocenters. The van der Waals surface area contributed by atoms with Crippen molar-refractivity contribution in [3.63, 3.8) is 0 Å². The molecule has 1 rings (SSSR count). The van der Waals surface area contributed by atoms with Gasteiger partial charge in [-0.1, -0.05) is 11.8 Å². The molecular weight excluding hydrogens is 277 g/mol. The van der Waals surface area contributed by atoms with Gasteiger partial charge in [0.1, 0.15) is 4.88 Å². The fourth-order valence-electron chi connectivity index (χ4n) is 1.29. The molecule has 0 spiro atoms. The number of nitrogens with zero attached hydrogens (tertiary/aromatic N) is 1. The van der Waals surface area contributed by atoms with Crippen molar-refractivity contribution in [2.45, 2.75) is 12.6 Å². The second kappa shape index (κ2) is 6.59. The molecule has 104 valence electrons. The quantitative estimate of drug-likeness (QED) is 0.866. The Morgan fingerprint density at radius 1 is 1.53 bits per heavy atom. The summed E-state index contributed by atoms with van der Waals surface area (Å²) in [5.41, 5.74) is 5.74. The summed E-state index contributed by atoms with van der Waals surface area (Å²) in [6.07, 6.45) is -5.30. The van der Waals surface area contributed by atoms with E-state index in [1.807, 2.05) is 0 Å². The number of hydrogen-bond acceptors (Lipinski definition) is 3. The number of nitrogens with two attached hydrogens (primary N) is 1. The maximum atomic E-state index is 12.1. The minimum atomic E-state index is -4.27. The fourth-order valence-corrected chi connectivity index (χ4v) is 2.13. The van der Waals surface area contributed by atoms with Crippen LogP contribution in [0.3, 0.4) is 0 Å². The molecule has 0 aromatic carbocycles. The van der Waals surface area contributed by atoms with Gasteiger partial charge in [0, 0.05) is 19.2 Å². The first-order valence-corrected chi connectivity index (χ1v) is 6.31. The number of amides is 1. The second-order valence-electron chi connectivity index (χ2n) is 3.76. The van der Waals surface area contributed by atoms with Crippen molar-refractivity contribution in [1.29, 1.82) is 0 Å². The molecule has 0 bridgehead atoms. The highest BCUT2D eigenvalue weighted by molar-refractivity contribution is 7.12.